The normalized spacial score (nSPS) is 13.8. The Morgan fingerprint density at radius 1 is 1.00 bits per heavy atom. The van der Waals surface area contributed by atoms with Gasteiger partial charge < -0.3 is 19.9 Å². The van der Waals surface area contributed by atoms with Crippen molar-refractivity contribution >= 4 is 0 Å². The van der Waals surface area contributed by atoms with Gasteiger partial charge in [0, 0.05) is 12.6 Å². The first-order valence-corrected chi connectivity index (χ1v) is 8.78. The van der Waals surface area contributed by atoms with E-state index in [0.29, 0.717) is 25.8 Å². The Balaban J connectivity index is 2.17. The van der Waals surface area contributed by atoms with Crippen LogP contribution in [-0.2, 0) is 0 Å². The Morgan fingerprint density at radius 2 is 1.61 bits per heavy atom. The maximum atomic E-state index is 10.00. The van der Waals surface area contributed by atoms with Crippen molar-refractivity contribution in [2.24, 2.45) is 5.92 Å². The summed E-state index contributed by atoms with van der Waals surface area (Å²) in [5.74, 6) is 2.34. The van der Waals surface area contributed by atoms with Crippen LogP contribution < -0.4 is 14.8 Å². The average molecular weight is 323 g/mol. The fraction of sp³-hybridized carbons (Fsp3) is 0.684. The molecule has 0 bridgehead atoms. The number of benzene rings is 1. The van der Waals surface area contributed by atoms with Gasteiger partial charge in [-0.15, -0.1) is 0 Å². The van der Waals surface area contributed by atoms with E-state index in [-0.39, 0.29) is 0 Å². The minimum Gasteiger partial charge on any atom is -0.494 e. The number of hydrogen-bond acceptors (Lipinski definition) is 4. The van der Waals surface area contributed by atoms with Gasteiger partial charge in [-0.2, -0.15) is 0 Å². The lowest BCUT2D eigenvalue weighted by molar-refractivity contribution is 0.103. The molecule has 0 heterocycles. The molecule has 0 spiro atoms. The third-order valence-corrected chi connectivity index (χ3v) is 3.70. The van der Waals surface area contributed by atoms with Crippen LogP contribution in [0.15, 0.2) is 24.3 Å². The van der Waals surface area contributed by atoms with E-state index in [4.69, 9.17) is 9.47 Å². The average Bonchev–Trinajstić information content (AvgIpc) is 2.52. The minimum absolute atomic E-state index is 0.291. The lowest BCUT2D eigenvalue weighted by atomic mass is 10.0. The summed E-state index contributed by atoms with van der Waals surface area (Å²) in [6.45, 7) is 10.1. The van der Waals surface area contributed by atoms with Gasteiger partial charge in [0.25, 0.3) is 0 Å². The highest BCUT2D eigenvalue weighted by molar-refractivity contribution is 5.31. The van der Waals surface area contributed by atoms with E-state index in [9.17, 15) is 5.11 Å². The van der Waals surface area contributed by atoms with Crippen LogP contribution in [0, 0.1) is 5.92 Å². The smallest absolute Gasteiger partial charge is 0.119 e. The summed E-state index contributed by atoms with van der Waals surface area (Å²) in [5.41, 5.74) is 0. The molecule has 0 fully saturated rings. The second kappa shape index (κ2) is 11.3. The number of aliphatic hydroxyl groups excluding tert-OH is 1. The van der Waals surface area contributed by atoms with Gasteiger partial charge in [-0.1, -0.05) is 26.7 Å². The quantitative estimate of drug-likeness (QED) is 0.617. The second-order valence-corrected chi connectivity index (χ2v) is 6.50. The number of hydrogen-bond donors (Lipinski definition) is 2. The maximum absolute atomic E-state index is 10.00. The molecular weight excluding hydrogens is 290 g/mol. The zero-order valence-electron chi connectivity index (χ0n) is 15.0. The van der Waals surface area contributed by atoms with E-state index in [2.05, 4.69) is 26.1 Å². The van der Waals surface area contributed by atoms with E-state index in [1.54, 1.807) is 0 Å². The van der Waals surface area contributed by atoms with Crippen LogP contribution in [0.4, 0.5) is 0 Å². The molecule has 0 aromatic heterocycles. The zero-order chi connectivity index (χ0) is 17.1. The van der Waals surface area contributed by atoms with Crippen molar-refractivity contribution in [2.45, 2.75) is 59.1 Å². The Morgan fingerprint density at radius 3 is 2.17 bits per heavy atom. The predicted octanol–water partition coefficient (Wildman–Crippen LogP) is 3.63. The largest absolute Gasteiger partial charge is 0.494 e. The van der Waals surface area contributed by atoms with Gasteiger partial charge >= 0.3 is 0 Å². The summed E-state index contributed by atoms with van der Waals surface area (Å²) in [5, 5.41) is 13.4. The standard InChI is InChI=1S/C19H33NO3/c1-5-22-18-9-11-19(12-10-18)23-14-17(21)13-20-16(4)8-6-7-15(2)3/h9-12,15-17,20-21H,5-8,13-14H2,1-4H3/t16-,17+/m1/s1. The van der Waals surface area contributed by atoms with E-state index in [1.807, 2.05) is 31.2 Å². The van der Waals surface area contributed by atoms with Crippen LogP contribution in [0.3, 0.4) is 0 Å². The number of aliphatic hydroxyl groups is 1. The van der Waals surface area contributed by atoms with Gasteiger partial charge in [-0.3, -0.25) is 0 Å². The van der Waals surface area contributed by atoms with Crippen molar-refractivity contribution in [1.29, 1.82) is 0 Å². The fourth-order valence-corrected chi connectivity index (χ4v) is 2.32. The number of ether oxygens (including phenoxy) is 2. The van der Waals surface area contributed by atoms with E-state index >= 15 is 0 Å². The lowest BCUT2D eigenvalue weighted by Gasteiger charge is -2.18. The van der Waals surface area contributed by atoms with E-state index < -0.39 is 6.10 Å². The van der Waals surface area contributed by atoms with Gasteiger partial charge in [0.05, 0.1) is 6.61 Å². The molecular formula is C19H33NO3. The van der Waals surface area contributed by atoms with Crippen molar-refractivity contribution in [3.05, 3.63) is 24.3 Å². The number of rotatable bonds is 12. The SMILES string of the molecule is CCOc1ccc(OC[C@@H](O)CN[C@H](C)CCCC(C)C)cc1. The molecule has 0 aliphatic rings. The molecule has 0 amide bonds. The van der Waals surface area contributed by atoms with Crippen molar-refractivity contribution in [1.82, 2.24) is 5.32 Å². The predicted molar refractivity (Wildman–Crippen MR) is 95.3 cm³/mol. The van der Waals surface area contributed by atoms with Crippen molar-refractivity contribution in [3.63, 3.8) is 0 Å². The molecule has 0 aliphatic heterocycles. The first-order chi connectivity index (χ1) is 11.0. The molecule has 23 heavy (non-hydrogen) atoms. The monoisotopic (exact) mass is 323 g/mol. The van der Waals surface area contributed by atoms with Crippen LogP contribution in [0.25, 0.3) is 0 Å². The highest BCUT2D eigenvalue weighted by Gasteiger charge is 2.08. The molecule has 0 saturated carbocycles. The van der Waals surface area contributed by atoms with Gasteiger partial charge in [0.2, 0.25) is 0 Å². The Hall–Kier alpha value is -1.26. The van der Waals surface area contributed by atoms with Gasteiger partial charge in [-0.05, 0) is 50.5 Å². The van der Waals surface area contributed by atoms with Crippen LogP contribution in [-0.4, -0.2) is 37.0 Å². The van der Waals surface area contributed by atoms with Crippen molar-refractivity contribution < 1.29 is 14.6 Å². The summed E-state index contributed by atoms with van der Waals surface area (Å²) in [6, 6.07) is 7.90. The molecule has 0 radical (unpaired) electrons. The maximum Gasteiger partial charge on any atom is 0.119 e. The summed E-state index contributed by atoms with van der Waals surface area (Å²) in [7, 11) is 0. The summed E-state index contributed by atoms with van der Waals surface area (Å²) in [6.07, 6.45) is 3.12. The third-order valence-electron chi connectivity index (χ3n) is 3.70. The van der Waals surface area contributed by atoms with E-state index in [1.165, 1.54) is 12.8 Å². The van der Waals surface area contributed by atoms with Crippen molar-refractivity contribution in [3.8, 4) is 11.5 Å². The lowest BCUT2D eigenvalue weighted by Crippen LogP contribution is -2.36. The molecule has 1 aromatic rings. The topological polar surface area (TPSA) is 50.7 Å². The molecule has 2 N–H and O–H groups in total. The molecule has 0 unspecified atom stereocenters. The highest BCUT2D eigenvalue weighted by atomic mass is 16.5. The molecule has 4 heteroatoms. The molecule has 0 aliphatic carbocycles. The molecule has 1 aromatic carbocycles. The summed E-state index contributed by atoms with van der Waals surface area (Å²) < 4.78 is 11.0. The highest BCUT2D eigenvalue weighted by Crippen LogP contribution is 2.17. The minimum atomic E-state index is -0.505. The Kier molecular flexibility index (Phi) is 9.72. The first kappa shape index (κ1) is 19.8. The fourth-order valence-electron chi connectivity index (χ4n) is 2.32. The number of nitrogens with one attached hydrogen (secondary N) is 1. The van der Waals surface area contributed by atoms with Gasteiger partial charge in [0.1, 0.15) is 24.2 Å². The van der Waals surface area contributed by atoms with Gasteiger partial charge in [-0.25, -0.2) is 0 Å². The summed E-state index contributed by atoms with van der Waals surface area (Å²) in [4.78, 5) is 0. The molecule has 4 nitrogen and oxygen atoms in total. The Bertz CT molecular complexity index is 406. The Labute approximate surface area is 141 Å². The zero-order valence-corrected chi connectivity index (χ0v) is 15.0. The van der Waals surface area contributed by atoms with Crippen LogP contribution in [0.1, 0.15) is 47.0 Å². The summed E-state index contributed by atoms with van der Waals surface area (Å²) >= 11 is 0. The van der Waals surface area contributed by atoms with Crippen LogP contribution in [0.2, 0.25) is 0 Å². The second-order valence-electron chi connectivity index (χ2n) is 6.50. The molecule has 2 atom stereocenters. The van der Waals surface area contributed by atoms with Crippen molar-refractivity contribution in [2.75, 3.05) is 19.8 Å². The molecule has 132 valence electrons. The molecule has 0 saturated heterocycles. The van der Waals surface area contributed by atoms with Crippen LogP contribution >= 0.6 is 0 Å². The third kappa shape index (κ3) is 9.47. The van der Waals surface area contributed by atoms with E-state index in [0.717, 1.165) is 23.8 Å². The van der Waals surface area contributed by atoms with Crippen LogP contribution in [0.5, 0.6) is 11.5 Å². The molecule has 1 rings (SSSR count). The first-order valence-electron chi connectivity index (χ1n) is 8.78. The van der Waals surface area contributed by atoms with Gasteiger partial charge in [0.15, 0.2) is 0 Å².